The monoisotopic (exact) mass is 265 g/mol. The Bertz CT molecular complexity index is 338. The van der Waals surface area contributed by atoms with Gasteiger partial charge in [-0.1, -0.05) is 40.5 Å². The molecule has 1 unspecified atom stereocenters. The molecule has 0 saturated carbocycles. The number of nitrogens with zero attached hydrogens (tertiary/aromatic N) is 2. The maximum absolute atomic E-state index is 4.69. The van der Waals surface area contributed by atoms with Gasteiger partial charge in [0.1, 0.15) is 0 Å². The molecule has 0 aliphatic heterocycles. The molecule has 1 atom stereocenters. The van der Waals surface area contributed by atoms with Gasteiger partial charge in [-0.15, -0.1) is 0 Å². The maximum atomic E-state index is 4.69. The van der Waals surface area contributed by atoms with Crippen LogP contribution >= 0.6 is 0 Å². The first-order chi connectivity index (χ1) is 9.15. The second kappa shape index (κ2) is 8.36. The Morgan fingerprint density at radius 2 is 1.74 bits per heavy atom. The van der Waals surface area contributed by atoms with Gasteiger partial charge in [0.15, 0.2) is 0 Å². The molecule has 110 valence electrons. The Labute approximate surface area is 118 Å². The fourth-order valence-corrected chi connectivity index (χ4v) is 2.77. The van der Waals surface area contributed by atoms with E-state index in [1.165, 1.54) is 12.8 Å². The SMILES string of the molecule is CCC(CC)C(C)NCc1ccn(C(CC)CC)n1. The third kappa shape index (κ3) is 4.64. The smallest absolute Gasteiger partial charge is 0.0762 e. The minimum atomic E-state index is 0.546. The lowest BCUT2D eigenvalue weighted by molar-refractivity contribution is 0.350. The number of hydrogen-bond acceptors (Lipinski definition) is 2. The van der Waals surface area contributed by atoms with E-state index in [9.17, 15) is 0 Å². The lowest BCUT2D eigenvalue weighted by atomic mass is 9.95. The second-order valence-electron chi connectivity index (χ2n) is 5.50. The van der Waals surface area contributed by atoms with Crippen molar-refractivity contribution in [3.8, 4) is 0 Å². The summed E-state index contributed by atoms with van der Waals surface area (Å²) in [5.41, 5.74) is 1.16. The summed E-state index contributed by atoms with van der Waals surface area (Å²) < 4.78 is 2.12. The van der Waals surface area contributed by atoms with E-state index in [-0.39, 0.29) is 0 Å². The van der Waals surface area contributed by atoms with Crippen LogP contribution in [0.15, 0.2) is 12.3 Å². The molecule has 1 N–H and O–H groups in total. The summed E-state index contributed by atoms with van der Waals surface area (Å²) in [5, 5.41) is 8.30. The average Bonchev–Trinajstić information content (AvgIpc) is 2.88. The van der Waals surface area contributed by atoms with Crippen molar-refractivity contribution in [1.82, 2.24) is 15.1 Å². The summed E-state index contributed by atoms with van der Waals surface area (Å²) in [7, 11) is 0. The van der Waals surface area contributed by atoms with Crippen molar-refractivity contribution in [2.45, 2.75) is 78.9 Å². The van der Waals surface area contributed by atoms with Gasteiger partial charge in [-0.2, -0.15) is 5.10 Å². The molecule has 1 aromatic heterocycles. The molecule has 0 aliphatic rings. The zero-order valence-electron chi connectivity index (χ0n) is 13.3. The molecular weight excluding hydrogens is 234 g/mol. The van der Waals surface area contributed by atoms with Gasteiger partial charge in [-0.05, 0) is 31.7 Å². The lowest BCUT2D eigenvalue weighted by Gasteiger charge is -2.22. The van der Waals surface area contributed by atoms with E-state index in [1.807, 2.05) is 0 Å². The summed E-state index contributed by atoms with van der Waals surface area (Å²) in [6, 6.07) is 3.25. The predicted molar refractivity (Wildman–Crippen MR) is 82.2 cm³/mol. The van der Waals surface area contributed by atoms with Crippen LogP contribution in [-0.4, -0.2) is 15.8 Å². The van der Waals surface area contributed by atoms with E-state index in [0.29, 0.717) is 12.1 Å². The molecule has 0 aliphatic carbocycles. The van der Waals surface area contributed by atoms with Crippen molar-refractivity contribution in [2.75, 3.05) is 0 Å². The number of aromatic nitrogens is 2. The molecule has 3 heteroatoms. The number of nitrogens with one attached hydrogen (secondary N) is 1. The van der Waals surface area contributed by atoms with Gasteiger partial charge in [0.25, 0.3) is 0 Å². The highest BCUT2D eigenvalue weighted by Crippen LogP contribution is 2.15. The molecule has 0 bridgehead atoms. The van der Waals surface area contributed by atoms with Gasteiger partial charge >= 0.3 is 0 Å². The topological polar surface area (TPSA) is 29.9 Å². The van der Waals surface area contributed by atoms with Crippen LogP contribution in [0.3, 0.4) is 0 Å². The van der Waals surface area contributed by atoms with Crippen LogP contribution in [0.25, 0.3) is 0 Å². The summed E-state index contributed by atoms with van der Waals surface area (Å²) >= 11 is 0. The molecule has 1 heterocycles. The van der Waals surface area contributed by atoms with Crippen LogP contribution in [0.4, 0.5) is 0 Å². The molecular formula is C16H31N3. The van der Waals surface area contributed by atoms with E-state index in [1.54, 1.807) is 0 Å². The quantitative estimate of drug-likeness (QED) is 0.726. The Kier molecular flexibility index (Phi) is 7.14. The van der Waals surface area contributed by atoms with Gasteiger partial charge in [0.05, 0.1) is 11.7 Å². The highest BCUT2D eigenvalue weighted by Gasteiger charge is 2.13. The Balaban J connectivity index is 2.50. The molecule has 0 amide bonds. The molecule has 0 aromatic carbocycles. The molecule has 0 radical (unpaired) electrons. The van der Waals surface area contributed by atoms with E-state index in [4.69, 9.17) is 0 Å². The van der Waals surface area contributed by atoms with E-state index in [0.717, 1.165) is 31.0 Å². The van der Waals surface area contributed by atoms with Crippen LogP contribution in [0, 0.1) is 5.92 Å². The second-order valence-corrected chi connectivity index (χ2v) is 5.50. The van der Waals surface area contributed by atoms with Crippen LogP contribution in [-0.2, 0) is 6.54 Å². The van der Waals surface area contributed by atoms with E-state index >= 15 is 0 Å². The number of hydrogen-bond donors (Lipinski definition) is 1. The lowest BCUT2D eigenvalue weighted by Crippen LogP contribution is -2.32. The Morgan fingerprint density at radius 3 is 2.26 bits per heavy atom. The van der Waals surface area contributed by atoms with Crippen molar-refractivity contribution in [3.63, 3.8) is 0 Å². The molecule has 3 nitrogen and oxygen atoms in total. The fraction of sp³-hybridized carbons (Fsp3) is 0.812. The number of rotatable bonds is 9. The molecule has 0 spiro atoms. The molecule has 1 rings (SSSR count). The Hall–Kier alpha value is -0.830. The highest BCUT2D eigenvalue weighted by atomic mass is 15.3. The van der Waals surface area contributed by atoms with Gasteiger partial charge < -0.3 is 5.32 Å². The van der Waals surface area contributed by atoms with Crippen LogP contribution in [0.5, 0.6) is 0 Å². The third-order valence-electron chi connectivity index (χ3n) is 4.34. The van der Waals surface area contributed by atoms with Crippen molar-refractivity contribution >= 4 is 0 Å². The van der Waals surface area contributed by atoms with Gasteiger partial charge in [0, 0.05) is 18.8 Å². The Morgan fingerprint density at radius 1 is 1.11 bits per heavy atom. The maximum Gasteiger partial charge on any atom is 0.0762 e. The van der Waals surface area contributed by atoms with Crippen molar-refractivity contribution < 1.29 is 0 Å². The summed E-state index contributed by atoms with van der Waals surface area (Å²) in [4.78, 5) is 0. The molecule has 19 heavy (non-hydrogen) atoms. The molecule has 0 saturated heterocycles. The standard InChI is InChI=1S/C16H31N3/c1-6-14(7-2)13(5)17-12-15-10-11-19(18-15)16(8-3)9-4/h10-11,13-14,16-17H,6-9,12H2,1-5H3. The highest BCUT2D eigenvalue weighted by molar-refractivity contribution is 4.99. The normalized spacial score (nSPS) is 13.4. The van der Waals surface area contributed by atoms with Crippen molar-refractivity contribution in [1.29, 1.82) is 0 Å². The van der Waals surface area contributed by atoms with Crippen LogP contribution in [0.2, 0.25) is 0 Å². The third-order valence-corrected chi connectivity index (χ3v) is 4.34. The minimum absolute atomic E-state index is 0.546. The van der Waals surface area contributed by atoms with E-state index in [2.05, 4.69) is 62.0 Å². The largest absolute Gasteiger partial charge is 0.308 e. The van der Waals surface area contributed by atoms with Crippen LogP contribution < -0.4 is 5.32 Å². The summed E-state index contributed by atoms with van der Waals surface area (Å²) in [6.07, 6.45) is 6.90. The fourth-order valence-electron chi connectivity index (χ4n) is 2.77. The molecule has 0 fully saturated rings. The summed E-state index contributed by atoms with van der Waals surface area (Å²) in [6.45, 7) is 12.2. The predicted octanol–water partition coefficient (Wildman–Crippen LogP) is 4.16. The first-order valence-electron chi connectivity index (χ1n) is 7.93. The van der Waals surface area contributed by atoms with Gasteiger partial charge in [0.2, 0.25) is 0 Å². The van der Waals surface area contributed by atoms with Gasteiger partial charge in [-0.25, -0.2) is 0 Å². The van der Waals surface area contributed by atoms with Crippen LogP contribution in [0.1, 0.15) is 72.0 Å². The zero-order chi connectivity index (χ0) is 14.3. The van der Waals surface area contributed by atoms with Gasteiger partial charge in [-0.3, -0.25) is 4.68 Å². The van der Waals surface area contributed by atoms with Crippen molar-refractivity contribution in [2.24, 2.45) is 5.92 Å². The first-order valence-corrected chi connectivity index (χ1v) is 7.93. The average molecular weight is 265 g/mol. The minimum Gasteiger partial charge on any atom is -0.308 e. The first kappa shape index (κ1) is 16.2. The van der Waals surface area contributed by atoms with E-state index < -0.39 is 0 Å². The molecule has 1 aromatic rings. The zero-order valence-corrected chi connectivity index (χ0v) is 13.3. The van der Waals surface area contributed by atoms with Crippen molar-refractivity contribution in [3.05, 3.63) is 18.0 Å². The summed E-state index contributed by atoms with van der Waals surface area (Å²) in [5.74, 6) is 0.765.